The molecule has 0 amide bonds. The van der Waals surface area contributed by atoms with Gasteiger partial charge in [-0.05, 0) is 24.9 Å². The van der Waals surface area contributed by atoms with Crippen LogP contribution in [0.5, 0.6) is 0 Å². The molecule has 0 aliphatic carbocycles. The van der Waals surface area contributed by atoms with Gasteiger partial charge < -0.3 is 14.6 Å². The smallest absolute Gasteiger partial charge is 0.0947 e. The number of hydrogen-bond acceptors (Lipinski definition) is 3. The van der Waals surface area contributed by atoms with Gasteiger partial charge in [-0.25, -0.2) is 0 Å². The van der Waals surface area contributed by atoms with E-state index in [1.54, 1.807) is 6.26 Å². The molecule has 3 nitrogen and oxygen atoms in total. The average Bonchev–Trinajstić information content (AvgIpc) is 2.79. The van der Waals surface area contributed by atoms with Crippen molar-refractivity contribution in [3.63, 3.8) is 0 Å². The monoisotopic (exact) mass is 266 g/mol. The van der Waals surface area contributed by atoms with Gasteiger partial charge in [0.2, 0.25) is 0 Å². The minimum absolute atomic E-state index is 0.331. The van der Waals surface area contributed by atoms with Crippen LogP contribution in [-0.4, -0.2) is 31.1 Å². The summed E-state index contributed by atoms with van der Waals surface area (Å²) >= 11 is 0. The van der Waals surface area contributed by atoms with Gasteiger partial charge >= 0.3 is 0 Å². The molecule has 1 rings (SSSR count). The molecule has 0 fully saturated rings. The van der Waals surface area contributed by atoms with Gasteiger partial charge in [-0.3, -0.25) is 0 Å². The third-order valence-electron chi connectivity index (χ3n) is 3.47. The van der Waals surface area contributed by atoms with E-state index < -0.39 is 0 Å². The van der Waals surface area contributed by atoms with E-state index in [9.17, 15) is 0 Å². The lowest BCUT2D eigenvalue weighted by Crippen LogP contribution is -2.42. The van der Waals surface area contributed by atoms with Gasteiger partial charge in [-0.2, -0.15) is 0 Å². The quantitative estimate of drug-likeness (QED) is 0.741. The summed E-state index contributed by atoms with van der Waals surface area (Å²) in [6.07, 6.45) is 6.06. The molecule has 1 heterocycles. The van der Waals surface area contributed by atoms with Gasteiger partial charge in [0.25, 0.3) is 0 Å². The van der Waals surface area contributed by atoms with Crippen LogP contribution < -0.4 is 5.32 Å². The largest absolute Gasteiger partial charge is 0.472 e. The Morgan fingerprint density at radius 1 is 1.42 bits per heavy atom. The Morgan fingerprint density at radius 3 is 2.68 bits per heavy atom. The van der Waals surface area contributed by atoms with Crippen molar-refractivity contribution in [2.45, 2.75) is 53.1 Å². The molecule has 1 atom stereocenters. The van der Waals surface area contributed by atoms with E-state index in [4.69, 9.17) is 4.42 Å². The Bertz CT molecular complexity index is 335. The van der Waals surface area contributed by atoms with Crippen molar-refractivity contribution in [2.24, 2.45) is 5.41 Å². The number of hydrogen-bond donors (Lipinski definition) is 1. The molecule has 0 aliphatic heterocycles. The Kier molecular flexibility index (Phi) is 6.59. The molecule has 0 aromatic carbocycles. The third kappa shape index (κ3) is 6.26. The van der Waals surface area contributed by atoms with E-state index in [1.165, 1.54) is 18.4 Å². The van der Waals surface area contributed by atoms with Crippen molar-refractivity contribution in [3.05, 3.63) is 24.2 Å². The number of nitrogens with one attached hydrogen (secondary N) is 1. The maximum absolute atomic E-state index is 5.13. The van der Waals surface area contributed by atoms with Gasteiger partial charge in [-0.15, -0.1) is 0 Å². The summed E-state index contributed by atoms with van der Waals surface area (Å²) in [7, 11) is 2.19. The van der Waals surface area contributed by atoms with Crippen LogP contribution in [0.4, 0.5) is 0 Å². The van der Waals surface area contributed by atoms with E-state index in [2.05, 4.69) is 45.0 Å². The SMILES string of the molecule is CCCC(C)(CNC(C)C)CN(C)Cc1ccoc1. The van der Waals surface area contributed by atoms with E-state index in [0.29, 0.717) is 11.5 Å². The highest BCUT2D eigenvalue weighted by molar-refractivity contribution is 5.04. The molecule has 19 heavy (non-hydrogen) atoms. The van der Waals surface area contributed by atoms with Crippen LogP contribution >= 0.6 is 0 Å². The molecule has 0 saturated carbocycles. The van der Waals surface area contributed by atoms with E-state index in [1.807, 2.05) is 12.3 Å². The highest BCUT2D eigenvalue weighted by Crippen LogP contribution is 2.24. The van der Waals surface area contributed by atoms with E-state index in [-0.39, 0.29) is 0 Å². The first-order valence-corrected chi connectivity index (χ1v) is 7.38. The predicted molar refractivity (Wildman–Crippen MR) is 81.2 cm³/mol. The zero-order valence-electron chi connectivity index (χ0n) is 13.2. The van der Waals surface area contributed by atoms with Crippen molar-refractivity contribution in [1.82, 2.24) is 10.2 Å². The number of rotatable bonds is 9. The van der Waals surface area contributed by atoms with E-state index in [0.717, 1.165) is 19.6 Å². The van der Waals surface area contributed by atoms with Crippen LogP contribution in [0.25, 0.3) is 0 Å². The lowest BCUT2D eigenvalue weighted by atomic mass is 9.84. The molecule has 1 aromatic rings. The molecular weight excluding hydrogens is 236 g/mol. The molecule has 0 aliphatic rings. The molecule has 1 N–H and O–H groups in total. The fraction of sp³-hybridized carbons (Fsp3) is 0.750. The second kappa shape index (κ2) is 7.71. The van der Waals surface area contributed by atoms with Crippen LogP contribution in [0.15, 0.2) is 23.0 Å². The summed E-state index contributed by atoms with van der Waals surface area (Å²) in [4.78, 5) is 2.39. The topological polar surface area (TPSA) is 28.4 Å². The van der Waals surface area contributed by atoms with Crippen LogP contribution in [0.1, 0.15) is 46.1 Å². The van der Waals surface area contributed by atoms with Gasteiger partial charge in [0.1, 0.15) is 0 Å². The Hall–Kier alpha value is -0.800. The summed E-state index contributed by atoms with van der Waals surface area (Å²) in [6, 6.07) is 2.59. The fourth-order valence-corrected chi connectivity index (χ4v) is 2.68. The molecule has 1 aromatic heterocycles. The standard InChI is InChI=1S/C16H30N2O/c1-6-8-16(4,12-17-14(2)3)13-18(5)10-15-7-9-19-11-15/h7,9,11,14,17H,6,8,10,12-13H2,1-5H3. The number of nitrogens with zero attached hydrogens (tertiary/aromatic N) is 1. The number of furan rings is 1. The lowest BCUT2D eigenvalue weighted by Gasteiger charge is -2.34. The molecule has 0 saturated heterocycles. The predicted octanol–water partition coefficient (Wildman–Crippen LogP) is 3.52. The summed E-state index contributed by atoms with van der Waals surface area (Å²) < 4.78 is 5.13. The summed E-state index contributed by atoms with van der Waals surface area (Å²) in [5.74, 6) is 0. The van der Waals surface area contributed by atoms with Crippen LogP contribution in [-0.2, 0) is 6.54 Å². The molecule has 0 bridgehead atoms. The first-order valence-electron chi connectivity index (χ1n) is 7.38. The zero-order chi connectivity index (χ0) is 14.3. The van der Waals surface area contributed by atoms with Crippen LogP contribution in [0.2, 0.25) is 0 Å². The molecule has 1 unspecified atom stereocenters. The van der Waals surface area contributed by atoms with E-state index >= 15 is 0 Å². The van der Waals surface area contributed by atoms with Crippen LogP contribution in [0.3, 0.4) is 0 Å². The molecule has 0 radical (unpaired) electrons. The first kappa shape index (κ1) is 16.3. The zero-order valence-corrected chi connectivity index (χ0v) is 13.2. The normalized spacial score (nSPS) is 15.1. The third-order valence-corrected chi connectivity index (χ3v) is 3.47. The molecular formula is C16H30N2O. The molecule has 110 valence electrons. The summed E-state index contributed by atoms with van der Waals surface area (Å²) in [5, 5.41) is 3.59. The average molecular weight is 266 g/mol. The maximum Gasteiger partial charge on any atom is 0.0947 e. The van der Waals surface area contributed by atoms with Gasteiger partial charge in [-0.1, -0.05) is 34.1 Å². The Balaban J connectivity index is 2.50. The van der Waals surface area contributed by atoms with Crippen molar-refractivity contribution in [1.29, 1.82) is 0 Å². The Morgan fingerprint density at radius 2 is 2.16 bits per heavy atom. The van der Waals surface area contributed by atoms with Gasteiger partial charge in [0.05, 0.1) is 12.5 Å². The maximum atomic E-state index is 5.13. The van der Waals surface area contributed by atoms with Crippen molar-refractivity contribution in [3.8, 4) is 0 Å². The molecule has 0 spiro atoms. The minimum atomic E-state index is 0.331. The van der Waals surface area contributed by atoms with Crippen molar-refractivity contribution < 1.29 is 4.42 Å². The van der Waals surface area contributed by atoms with Gasteiger partial charge in [0, 0.05) is 31.2 Å². The fourth-order valence-electron chi connectivity index (χ4n) is 2.68. The van der Waals surface area contributed by atoms with Gasteiger partial charge in [0.15, 0.2) is 0 Å². The summed E-state index contributed by atoms with van der Waals surface area (Å²) in [5.41, 5.74) is 1.58. The lowest BCUT2D eigenvalue weighted by molar-refractivity contribution is 0.165. The minimum Gasteiger partial charge on any atom is -0.472 e. The second-order valence-electron chi connectivity index (χ2n) is 6.40. The first-order chi connectivity index (χ1) is 8.95. The van der Waals surface area contributed by atoms with Crippen molar-refractivity contribution in [2.75, 3.05) is 20.1 Å². The van der Waals surface area contributed by atoms with Crippen LogP contribution in [0, 0.1) is 5.41 Å². The highest BCUT2D eigenvalue weighted by Gasteiger charge is 2.25. The summed E-state index contributed by atoms with van der Waals surface area (Å²) in [6.45, 7) is 12.2. The highest BCUT2D eigenvalue weighted by atomic mass is 16.3. The molecule has 3 heteroatoms. The second-order valence-corrected chi connectivity index (χ2v) is 6.40. The van der Waals surface area contributed by atoms with Crippen molar-refractivity contribution >= 4 is 0 Å². The Labute approximate surface area is 118 Å².